The van der Waals surface area contributed by atoms with E-state index in [-0.39, 0.29) is 16.4 Å². The molecule has 2 aromatic heterocycles. The molecule has 0 radical (unpaired) electrons. The number of halogens is 1. The summed E-state index contributed by atoms with van der Waals surface area (Å²) in [6, 6.07) is 10.0. The number of aromatic hydroxyl groups is 1. The number of hydrogen-bond acceptors (Lipinski definition) is 9. The minimum absolute atomic E-state index is 0.222. The summed E-state index contributed by atoms with van der Waals surface area (Å²) >= 11 is 8.07. The average molecular weight is 606 g/mol. The second-order valence-corrected chi connectivity index (χ2v) is 11.7. The molecule has 12 heteroatoms. The van der Waals surface area contributed by atoms with Gasteiger partial charge in [-0.25, -0.2) is 4.99 Å². The lowest BCUT2D eigenvalue weighted by atomic mass is 9.79. The Morgan fingerprint density at radius 1 is 1.17 bits per heavy atom. The maximum atomic E-state index is 13.1. The summed E-state index contributed by atoms with van der Waals surface area (Å²) in [6.45, 7) is 5.32. The van der Waals surface area contributed by atoms with Gasteiger partial charge in [0.25, 0.3) is 11.5 Å². The van der Waals surface area contributed by atoms with Gasteiger partial charge in [0.05, 0.1) is 15.6 Å². The average Bonchev–Trinajstić information content (AvgIpc) is 3.42. The summed E-state index contributed by atoms with van der Waals surface area (Å²) in [5.41, 5.74) is -0.360. The summed E-state index contributed by atoms with van der Waals surface area (Å²) in [7, 11) is 0. The summed E-state index contributed by atoms with van der Waals surface area (Å²) in [5.74, 6) is -0.861. The number of benzene rings is 1. The first-order valence-corrected chi connectivity index (χ1v) is 14.9. The molecule has 5 rings (SSSR count). The van der Waals surface area contributed by atoms with E-state index in [1.54, 1.807) is 48.8 Å². The van der Waals surface area contributed by atoms with E-state index < -0.39 is 22.9 Å². The highest BCUT2D eigenvalue weighted by Gasteiger charge is 2.33. The molecular weight excluding hydrogens is 574 g/mol. The molecule has 1 aromatic carbocycles. The van der Waals surface area contributed by atoms with Crippen LogP contribution in [0.3, 0.4) is 0 Å². The van der Waals surface area contributed by atoms with Crippen LogP contribution in [0.25, 0.3) is 5.65 Å². The fourth-order valence-electron chi connectivity index (χ4n) is 5.46. The highest BCUT2D eigenvalue weighted by Crippen LogP contribution is 2.44. The van der Waals surface area contributed by atoms with Crippen LogP contribution in [0.1, 0.15) is 48.9 Å². The number of carbonyl (C=O) groups is 1. The second kappa shape index (κ2) is 13.3. The first kappa shape index (κ1) is 29.4. The molecule has 218 valence electrons. The zero-order valence-corrected chi connectivity index (χ0v) is 24.5. The molecule has 4 N–H and O–H groups in total. The molecule has 0 bridgehead atoms. The molecule has 1 fully saturated rings. The lowest BCUT2D eigenvalue weighted by Gasteiger charge is -2.29. The Labute approximate surface area is 252 Å². The van der Waals surface area contributed by atoms with Gasteiger partial charge in [-0.05, 0) is 62.1 Å². The van der Waals surface area contributed by atoms with Gasteiger partial charge in [0.15, 0.2) is 5.56 Å². The number of anilines is 1. The molecule has 0 unspecified atom stereocenters. The lowest BCUT2D eigenvalue weighted by Crippen LogP contribution is -2.31. The zero-order valence-electron chi connectivity index (χ0n) is 23.0. The fraction of sp³-hybridized carbons (Fsp3) is 0.300. The number of thioether (sulfide) groups is 1. The van der Waals surface area contributed by atoms with Crippen LogP contribution in [0.2, 0.25) is 5.02 Å². The molecule has 0 atom stereocenters. The first-order valence-electron chi connectivity index (χ1n) is 13.8. The Kier molecular flexibility index (Phi) is 9.28. The molecule has 1 aliphatic heterocycles. The number of aliphatic imine (C=N–C) groups is 2. The van der Waals surface area contributed by atoms with Crippen LogP contribution < -0.4 is 21.5 Å². The van der Waals surface area contributed by atoms with Crippen molar-refractivity contribution < 1.29 is 9.90 Å². The molecule has 3 aromatic rings. The van der Waals surface area contributed by atoms with Crippen molar-refractivity contribution in [1.82, 2.24) is 20.0 Å². The number of aromatic nitrogens is 2. The zero-order chi connectivity index (χ0) is 29.5. The van der Waals surface area contributed by atoms with Crippen molar-refractivity contribution >= 4 is 53.2 Å². The van der Waals surface area contributed by atoms with Crippen LogP contribution in [0.5, 0.6) is 5.88 Å². The van der Waals surface area contributed by atoms with Crippen molar-refractivity contribution in [3.63, 3.8) is 0 Å². The van der Waals surface area contributed by atoms with E-state index in [4.69, 9.17) is 11.6 Å². The van der Waals surface area contributed by atoms with E-state index in [0.29, 0.717) is 21.1 Å². The van der Waals surface area contributed by atoms with Crippen LogP contribution in [0.15, 0.2) is 85.8 Å². The molecule has 42 heavy (non-hydrogen) atoms. The van der Waals surface area contributed by atoms with E-state index in [0.717, 1.165) is 25.9 Å². The smallest absolute Gasteiger partial charge is 0.274 e. The highest BCUT2D eigenvalue weighted by atomic mass is 35.5. The molecule has 1 saturated carbocycles. The number of carbonyl (C=O) groups excluding carboxylic acids is 1. The number of amides is 1. The Hall–Kier alpha value is -4.09. The van der Waals surface area contributed by atoms with Gasteiger partial charge in [-0.3, -0.25) is 19.0 Å². The predicted molar refractivity (Wildman–Crippen MR) is 169 cm³/mol. The van der Waals surface area contributed by atoms with Gasteiger partial charge in [0, 0.05) is 42.8 Å². The van der Waals surface area contributed by atoms with Crippen LogP contribution in [0, 0.1) is 5.41 Å². The van der Waals surface area contributed by atoms with Crippen LogP contribution >= 0.6 is 23.4 Å². The van der Waals surface area contributed by atoms with E-state index in [1.807, 2.05) is 6.20 Å². The highest BCUT2D eigenvalue weighted by molar-refractivity contribution is 8.04. The van der Waals surface area contributed by atoms with E-state index >= 15 is 0 Å². The van der Waals surface area contributed by atoms with Crippen molar-refractivity contribution in [2.24, 2.45) is 15.4 Å². The third kappa shape index (κ3) is 6.52. The predicted octanol–water partition coefficient (Wildman–Crippen LogP) is 5.34. The fourth-order valence-corrected chi connectivity index (χ4v) is 6.68. The first-order chi connectivity index (χ1) is 20.4. The molecule has 1 amide bonds. The normalized spacial score (nSPS) is 19.2. The van der Waals surface area contributed by atoms with Gasteiger partial charge in [0.1, 0.15) is 11.5 Å². The molecule has 1 spiro atoms. The van der Waals surface area contributed by atoms with Gasteiger partial charge in [0.2, 0.25) is 5.88 Å². The third-order valence-electron chi connectivity index (χ3n) is 7.62. The summed E-state index contributed by atoms with van der Waals surface area (Å²) in [6.07, 6.45) is 13.9. The SMILES string of the molecule is C=N\C=C(Sc1cccc(NC(=O)c2c(O)nc3ccccn3c2=O)c1Cl)/C1=N/C=C\NCCC2(CCCC2)CCN1. The standard InChI is InChI=1S/C30H32ClN7O3S/c1-32-19-22(26-34-15-13-30(10-3-4-11-30)12-14-33-16-17-35-26)42-21-8-6-7-20(25(21)31)36-27(39)24-28(40)37-23-9-2-5-18-38(23)29(24)41/h2,5-9,16-19,33,40H,1,3-4,10-15H2,(H,34,35)(H,36,39)/b17-16-,22-19+. The van der Waals surface area contributed by atoms with E-state index in [9.17, 15) is 14.7 Å². The number of fused-ring (bicyclic) bond motifs is 1. The number of nitrogens with one attached hydrogen (secondary N) is 3. The maximum absolute atomic E-state index is 13.1. The number of pyridine rings is 1. The summed E-state index contributed by atoms with van der Waals surface area (Å²) in [5, 5.41) is 20.1. The minimum Gasteiger partial charge on any atom is -0.493 e. The second-order valence-electron chi connectivity index (χ2n) is 10.3. The number of hydrogen-bond donors (Lipinski definition) is 4. The maximum Gasteiger partial charge on any atom is 0.274 e. The minimum atomic E-state index is -0.830. The number of amidine groups is 1. The Balaban J connectivity index is 1.37. The van der Waals surface area contributed by atoms with Gasteiger partial charge in [-0.2, -0.15) is 4.98 Å². The summed E-state index contributed by atoms with van der Waals surface area (Å²) < 4.78 is 1.19. The Morgan fingerprint density at radius 3 is 2.79 bits per heavy atom. The van der Waals surface area contributed by atoms with Crippen LogP contribution in [-0.4, -0.2) is 46.0 Å². The topological polar surface area (TPSA) is 132 Å². The van der Waals surface area contributed by atoms with Crippen molar-refractivity contribution in [2.75, 3.05) is 18.4 Å². The largest absolute Gasteiger partial charge is 0.493 e. The Morgan fingerprint density at radius 2 is 1.98 bits per heavy atom. The summed E-state index contributed by atoms with van der Waals surface area (Å²) in [4.78, 5) is 40.0. The number of rotatable bonds is 6. The van der Waals surface area contributed by atoms with Crippen LogP contribution in [-0.2, 0) is 0 Å². The third-order valence-corrected chi connectivity index (χ3v) is 9.22. The van der Waals surface area contributed by atoms with Gasteiger partial charge >= 0.3 is 0 Å². The Bertz CT molecular complexity index is 1640. The van der Waals surface area contributed by atoms with Crippen molar-refractivity contribution in [3.05, 3.63) is 87.0 Å². The van der Waals surface area contributed by atoms with Crippen LogP contribution in [0.4, 0.5) is 5.69 Å². The monoisotopic (exact) mass is 605 g/mol. The molecule has 1 aliphatic carbocycles. The molecule has 2 aliphatic rings. The van der Waals surface area contributed by atoms with E-state index in [1.165, 1.54) is 48.0 Å². The molecule has 10 nitrogen and oxygen atoms in total. The number of nitrogens with zero attached hydrogens (tertiary/aromatic N) is 4. The van der Waals surface area contributed by atoms with Gasteiger partial charge in [-0.1, -0.05) is 48.3 Å². The lowest BCUT2D eigenvalue weighted by molar-refractivity contribution is 0.102. The molecule has 0 saturated heterocycles. The van der Waals surface area contributed by atoms with Crippen molar-refractivity contribution in [2.45, 2.75) is 43.4 Å². The van der Waals surface area contributed by atoms with Gasteiger partial charge < -0.3 is 21.1 Å². The van der Waals surface area contributed by atoms with Crippen molar-refractivity contribution in [1.29, 1.82) is 0 Å². The van der Waals surface area contributed by atoms with Crippen molar-refractivity contribution in [3.8, 4) is 5.88 Å². The van der Waals surface area contributed by atoms with Gasteiger partial charge in [-0.15, -0.1) is 0 Å². The molecular formula is C30H32ClN7O3S. The van der Waals surface area contributed by atoms with E-state index in [2.05, 4.69) is 37.6 Å². The quantitative estimate of drug-likeness (QED) is 0.220. The molecule has 3 heterocycles.